The second kappa shape index (κ2) is 53.6. The van der Waals surface area contributed by atoms with Crippen LogP contribution in [0.1, 0.15) is 298 Å². The maximum absolute atomic E-state index is 13.8. The first-order valence-corrected chi connectivity index (χ1v) is 46.9. The molecule has 9 aromatic carbocycles. The number of alkyl halides is 10. The smallest absolute Gasteiger partial charge is 0.497 e. The fourth-order valence-electron chi connectivity index (χ4n) is 11.5. The fraction of sp³-hybridized carbons (Fsp3) is 0.526. The summed E-state index contributed by atoms with van der Waals surface area (Å²) < 4.78 is 270. The van der Waals surface area contributed by atoms with Crippen LogP contribution in [0, 0.1) is 63.8 Å². The van der Waals surface area contributed by atoms with Crippen molar-refractivity contribution in [3.05, 3.63) is 266 Å². The van der Waals surface area contributed by atoms with E-state index in [0.717, 1.165) is 51.3 Å². The number of hydrogen-bond acceptors (Lipinski definition) is 10. The van der Waals surface area contributed by atoms with Gasteiger partial charge in [-0.1, -0.05) is 282 Å². The molecule has 1 aliphatic carbocycles. The van der Waals surface area contributed by atoms with Crippen LogP contribution in [0.3, 0.4) is 0 Å². The summed E-state index contributed by atoms with van der Waals surface area (Å²) in [6.45, 7) is 64.1. The van der Waals surface area contributed by atoms with E-state index in [2.05, 4.69) is 135 Å². The molecule has 1 fully saturated rings. The minimum absolute atomic E-state index is 0.0180. The lowest BCUT2D eigenvalue weighted by Gasteiger charge is -2.22. The van der Waals surface area contributed by atoms with Gasteiger partial charge in [0, 0.05) is 0 Å². The molecule has 796 valence electrons. The van der Waals surface area contributed by atoms with Crippen molar-refractivity contribution >= 4 is 0 Å². The van der Waals surface area contributed by atoms with Gasteiger partial charge in [-0.25, -0.2) is 43.9 Å². The highest BCUT2D eigenvalue weighted by Crippen LogP contribution is 2.39. The van der Waals surface area contributed by atoms with Crippen molar-refractivity contribution in [2.24, 2.45) is 17.3 Å². The number of methoxy groups -OCH3 is 1. The van der Waals surface area contributed by atoms with Gasteiger partial charge in [-0.2, -0.15) is 22.0 Å². The molecule has 142 heavy (non-hydrogen) atoms. The lowest BCUT2D eigenvalue weighted by molar-refractivity contribution is -0.275. The minimum atomic E-state index is -4.87. The molecule has 0 bridgehead atoms. The van der Waals surface area contributed by atoms with Crippen molar-refractivity contribution in [1.29, 1.82) is 0 Å². The molecule has 0 spiro atoms. The first kappa shape index (κ1) is 128. The van der Waals surface area contributed by atoms with Crippen LogP contribution < -0.4 is 42.6 Å². The third kappa shape index (κ3) is 51.4. The maximum atomic E-state index is 13.8. The van der Waals surface area contributed by atoms with Gasteiger partial charge in [0.2, 0.25) is 0 Å². The summed E-state index contributed by atoms with van der Waals surface area (Å²) >= 11 is 0. The molecule has 0 heterocycles. The zero-order chi connectivity index (χ0) is 110. The second-order valence-corrected chi connectivity index (χ2v) is 46.1. The van der Waals surface area contributed by atoms with Gasteiger partial charge in [0.05, 0.1) is 32.5 Å². The first-order valence-electron chi connectivity index (χ1n) is 46.9. The lowest BCUT2D eigenvalue weighted by Crippen LogP contribution is -2.28. The van der Waals surface area contributed by atoms with Crippen LogP contribution >= 0.6 is 0 Å². The Morgan fingerprint density at radius 3 is 0.732 bits per heavy atom. The normalized spacial score (nSPS) is 12.7. The monoisotopic (exact) mass is 2030 g/mol. The van der Waals surface area contributed by atoms with Crippen LogP contribution in [-0.4, -0.2) is 83.0 Å². The average molecular weight is 2030 g/mol. The fourth-order valence-corrected chi connectivity index (χ4v) is 11.5. The van der Waals surface area contributed by atoms with Crippen molar-refractivity contribution < 1.29 is 127 Å². The van der Waals surface area contributed by atoms with Crippen molar-refractivity contribution in [2.75, 3.05) is 46.8 Å². The van der Waals surface area contributed by atoms with E-state index >= 15 is 0 Å². The molecular weight excluding hydrogens is 1870 g/mol. The molecule has 0 aliphatic heterocycles. The molecule has 9 aromatic rings. The van der Waals surface area contributed by atoms with E-state index in [-0.39, 0.29) is 101 Å². The number of aliphatic hydroxyl groups is 1. The Balaban J connectivity index is 0.000000541. The standard InChI is InChI=1S/C15H23FO.C14H21FO2.C14H19FO.C14H21FO.C12H14F4O.C12H15F3O.C11H12F4O.C11H13F3O.C11H16O/c1-14(2,3)10-17-13-8-7-11(9-12(13)16)15(4,5)6;1-13(2,3)10-6-7-12(11(15)8-10)17-9-14(4,5)16;1-14(2,3)11-6-7-13(12(15)8-11)16-9-10-4-5-10;1-10(2)9-16-13-7-6-11(8-12(13)15)14(3,4)5;1-11(2,3)8-4-5-10(9(13)6-8)17-7-12(14,15)16;1-12(2,3)8-4-5-10(9(13)6-8)16-7-11(14)15;1-10(2,3)7-4-5-9(8(12)6-7)16-11(13,14)15;1-11(2,3)7-4-5-9(8(12)6-7)15-10(13)14;1-11(2,3)9-5-7-10(12-4)8-6-9/h7-9H,10H2,1-6H3;6-8,16H,9H2,1-5H3;6-8,10H,4-5,9H2,1-3H3;6-8,10H,9H2,1-5H3;4-6H,7H2,1-3H3;4-6,11H,7H2,1-3H3;4-6H,1-3H3;4-6,10H,1-3H3;5-8H,1-4H3. The Morgan fingerprint density at radius 1 is 0.289 bits per heavy atom. The largest absolute Gasteiger partial charge is 0.573 e. The summed E-state index contributed by atoms with van der Waals surface area (Å²) in [4.78, 5) is 0. The van der Waals surface area contributed by atoms with E-state index in [1.54, 1.807) is 81.6 Å². The molecule has 1 N–H and O–H groups in total. The van der Waals surface area contributed by atoms with Gasteiger partial charge in [-0.05, 0) is 252 Å². The minimum Gasteiger partial charge on any atom is -0.497 e. The summed E-state index contributed by atoms with van der Waals surface area (Å²) in [6.07, 6.45) is -9.48. The summed E-state index contributed by atoms with van der Waals surface area (Å²) in [7, 11) is 1.69. The Hall–Kier alpha value is -10.1. The zero-order valence-corrected chi connectivity index (χ0v) is 89.6. The van der Waals surface area contributed by atoms with Gasteiger partial charge in [0.1, 0.15) is 19.0 Å². The predicted molar refractivity (Wildman–Crippen MR) is 534 cm³/mol. The van der Waals surface area contributed by atoms with Gasteiger partial charge in [-0.15, -0.1) is 13.2 Å². The van der Waals surface area contributed by atoms with Gasteiger partial charge in [0.25, 0.3) is 6.43 Å². The molecule has 1 saturated carbocycles. The Labute approximate surface area is 833 Å². The van der Waals surface area contributed by atoms with E-state index < -0.39 is 79.2 Å². The molecule has 28 heteroatoms. The Bertz CT molecular complexity index is 4930. The first-order chi connectivity index (χ1) is 64.3. The summed E-state index contributed by atoms with van der Waals surface area (Å²) in [5.41, 5.74) is 6.23. The van der Waals surface area contributed by atoms with Crippen LogP contribution in [-0.2, 0) is 48.7 Å². The van der Waals surface area contributed by atoms with Crippen molar-refractivity contribution in [1.82, 2.24) is 0 Å². The molecule has 10 nitrogen and oxygen atoms in total. The Kier molecular flexibility index (Phi) is 48.3. The number of halogens is 18. The molecule has 0 aromatic heterocycles. The van der Waals surface area contributed by atoms with Crippen LogP contribution in [0.4, 0.5) is 79.0 Å². The van der Waals surface area contributed by atoms with E-state index in [1.807, 2.05) is 154 Å². The summed E-state index contributed by atoms with van der Waals surface area (Å²) in [6, 6.07) is 44.8. The van der Waals surface area contributed by atoms with Gasteiger partial charge >= 0.3 is 19.2 Å². The van der Waals surface area contributed by atoms with Crippen LogP contribution in [0.25, 0.3) is 0 Å². The third-order valence-electron chi connectivity index (χ3n) is 20.5. The molecule has 0 radical (unpaired) electrons. The molecule has 0 amide bonds. The van der Waals surface area contributed by atoms with E-state index in [1.165, 1.54) is 66.9 Å². The van der Waals surface area contributed by atoms with Crippen molar-refractivity contribution in [2.45, 2.75) is 328 Å². The molecular formula is C114H154F18O10. The second-order valence-electron chi connectivity index (χ2n) is 46.1. The van der Waals surface area contributed by atoms with Crippen LogP contribution in [0.5, 0.6) is 51.7 Å². The third-order valence-corrected chi connectivity index (χ3v) is 20.5. The average Bonchev–Trinajstić information content (AvgIpc) is 1.09. The SMILES string of the molecule is CC(C)(C)COc1ccc(C(C)(C)C)cc1F.CC(C)(C)c1ccc(OC(F)(F)F)c(F)c1.CC(C)(C)c1ccc(OC(F)F)c(F)c1.CC(C)(C)c1ccc(OCC(F)(F)F)c(F)c1.CC(C)(C)c1ccc(OCC(F)F)c(F)c1.CC(C)(C)c1ccc(OCC2CC2)c(F)c1.CC(C)(O)COc1ccc(C(C)(C)C)cc1F.CC(C)COc1ccc(C(C)(C)C)cc1F.COc1ccc(C(C)(C)C)cc1. The highest BCUT2D eigenvalue weighted by Gasteiger charge is 2.34. The van der Waals surface area contributed by atoms with E-state index in [4.69, 9.17) is 23.7 Å². The van der Waals surface area contributed by atoms with Gasteiger partial charge in [0.15, 0.2) is 99.1 Å². The van der Waals surface area contributed by atoms with E-state index in [0.29, 0.717) is 60.0 Å². The van der Waals surface area contributed by atoms with Crippen molar-refractivity contribution in [3.8, 4) is 51.7 Å². The zero-order valence-electron chi connectivity index (χ0n) is 89.6. The number of hydrogen-bond donors (Lipinski definition) is 1. The topological polar surface area (TPSA) is 103 Å². The van der Waals surface area contributed by atoms with Gasteiger partial charge < -0.3 is 47.7 Å². The maximum Gasteiger partial charge on any atom is 0.573 e. The predicted octanol–water partition coefficient (Wildman–Crippen LogP) is 34.5. The quantitative estimate of drug-likeness (QED) is 0.0742. The molecule has 1 aliphatic rings. The molecule has 0 saturated heterocycles. The van der Waals surface area contributed by atoms with Crippen LogP contribution in [0.2, 0.25) is 0 Å². The lowest BCUT2D eigenvalue weighted by atomic mass is 9.87. The summed E-state index contributed by atoms with van der Waals surface area (Å²) in [5.74, 6) is -2.82. The highest BCUT2D eigenvalue weighted by atomic mass is 19.4. The molecule has 0 unspecified atom stereocenters. The van der Waals surface area contributed by atoms with E-state index in [9.17, 15) is 84.1 Å². The van der Waals surface area contributed by atoms with Gasteiger partial charge in [-0.3, -0.25) is 0 Å². The Morgan fingerprint density at radius 2 is 0.521 bits per heavy atom. The highest BCUT2D eigenvalue weighted by molar-refractivity contribution is 5.40. The summed E-state index contributed by atoms with van der Waals surface area (Å²) in [5, 5.41) is 9.51. The van der Waals surface area contributed by atoms with Crippen LogP contribution in [0.15, 0.2) is 170 Å². The number of ether oxygens (including phenoxy) is 9. The number of benzene rings is 9. The molecule has 0 atom stereocenters. The van der Waals surface area contributed by atoms with Crippen molar-refractivity contribution in [3.63, 3.8) is 0 Å². The number of rotatable bonds is 20. The molecule has 10 rings (SSSR count).